The third-order valence-electron chi connectivity index (χ3n) is 18.6. The molecule has 3 aliphatic rings. The fourth-order valence-electron chi connectivity index (χ4n) is 13.4. The van der Waals surface area contributed by atoms with Gasteiger partial charge in [0.1, 0.15) is 42.8 Å². The molecule has 15 rings (SSSR count). The monoisotopic (exact) mass is 1450 g/mol. The highest BCUT2D eigenvalue weighted by molar-refractivity contribution is 7.25. The summed E-state index contributed by atoms with van der Waals surface area (Å²) >= 11 is 16.8. The van der Waals surface area contributed by atoms with E-state index in [1.165, 1.54) is 59.2 Å². The number of hydrogen-bond donors (Lipinski definition) is 1. The van der Waals surface area contributed by atoms with Gasteiger partial charge in [0, 0.05) is 102 Å². The average molecular weight is 1460 g/mol. The summed E-state index contributed by atoms with van der Waals surface area (Å²) in [5.74, 6) is -3.14. The van der Waals surface area contributed by atoms with Crippen LogP contribution in [0.15, 0.2) is 124 Å². The van der Waals surface area contributed by atoms with Gasteiger partial charge < -0.3 is 29.3 Å². The number of anilines is 2. The first-order valence-electron chi connectivity index (χ1n) is 33.8. The minimum absolute atomic E-state index is 0.0387. The number of esters is 3. The molecular formula is C75H79Cl2F2N9O9S3. The van der Waals surface area contributed by atoms with Crippen LogP contribution in [0.3, 0.4) is 0 Å². The molecule has 100 heavy (non-hydrogen) atoms. The number of aromatic nitrogens is 3. The number of rotatable bonds is 11. The minimum Gasteiger partial charge on any atom is -0.462 e. The summed E-state index contributed by atoms with van der Waals surface area (Å²) in [6, 6.07) is 34.0. The Bertz CT molecular complexity index is 5320. The summed E-state index contributed by atoms with van der Waals surface area (Å²) in [4.78, 5) is 91.1. The second-order valence-corrected chi connectivity index (χ2v) is 29.3. The number of halogens is 4. The normalized spacial score (nSPS) is 15.0. The first kappa shape index (κ1) is 71.7. The Balaban J connectivity index is 0.000000135. The fourth-order valence-corrected chi connectivity index (χ4v) is 17.4. The largest absolute Gasteiger partial charge is 0.462 e. The average Bonchev–Trinajstić information content (AvgIpc) is 1.52. The fraction of sp³-hybridized carbons (Fsp3) is 0.360. The van der Waals surface area contributed by atoms with Crippen LogP contribution in [0.1, 0.15) is 93.4 Å². The minimum atomic E-state index is -0.714. The van der Waals surface area contributed by atoms with Crippen LogP contribution in [0.25, 0.3) is 77.8 Å². The standard InChI is InChI=1S/C25H26ClN3O3S.C25H26FN3O3S.C18H11ClFNO3S.C7H16N2/c1-4-32-25(31)22-23(30)16-13-20(28-11-9-27(10-12-28)15(2)3)17(26)14-19(16)29-18-7-5-6-8-21(18)33-24(22)29;1-4-32-25(31)22-23(30)16-13-17(26)20(28-11-9-27(10-12-28)15(2)3)14-19(16)29-18-7-5-6-8-21(18)33-24(22)29;1-2-24-18(23)15-16(22)9-7-11(20)10(19)8-13(9)21-12-5-3-4-6-14(12)25-17(15)21;1-7(2)9-5-3-8-4-6-9/h2*5-8,13-15H,4,9-12H2,1-3H3;3-8H,2H2,1H3;7-8H,3-6H2,1-2H3. The van der Waals surface area contributed by atoms with Crippen molar-refractivity contribution in [2.24, 2.45) is 0 Å². The topological polar surface area (TPSA) is 172 Å². The van der Waals surface area contributed by atoms with Crippen molar-refractivity contribution >= 4 is 164 Å². The van der Waals surface area contributed by atoms with Gasteiger partial charge in [-0.1, -0.05) is 59.6 Å². The Morgan fingerprint density at radius 3 is 1.13 bits per heavy atom. The Kier molecular flexibility index (Phi) is 22.0. The van der Waals surface area contributed by atoms with E-state index in [1.54, 1.807) is 31.2 Å². The number of para-hydroxylation sites is 3. The van der Waals surface area contributed by atoms with E-state index in [0.717, 1.165) is 101 Å². The van der Waals surface area contributed by atoms with E-state index in [4.69, 9.17) is 37.4 Å². The first-order chi connectivity index (χ1) is 48.1. The molecular weight excluding hydrogens is 1380 g/mol. The maximum atomic E-state index is 15.3. The summed E-state index contributed by atoms with van der Waals surface area (Å²) in [5.41, 5.74) is 4.28. The van der Waals surface area contributed by atoms with E-state index in [9.17, 15) is 33.2 Å². The molecule has 0 spiro atoms. The van der Waals surface area contributed by atoms with Gasteiger partial charge in [-0.25, -0.2) is 23.2 Å². The second kappa shape index (κ2) is 30.6. The highest BCUT2D eigenvalue weighted by atomic mass is 35.5. The van der Waals surface area contributed by atoms with E-state index < -0.39 is 40.4 Å². The highest BCUT2D eigenvalue weighted by Gasteiger charge is 2.30. The number of fused-ring (bicyclic) bond motifs is 15. The van der Waals surface area contributed by atoms with Crippen molar-refractivity contribution in [3.8, 4) is 0 Å². The third kappa shape index (κ3) is 13.9. The SMILES string of the molecule is CC(C)N1CCNCC1.CCOC(=O)c1c(=O)c2cc(F)c(Cl)cc2n2c1sc1ccccc12.CCOC(=O)c1c(=O)c2cc(F)c(N3CCN(C(C)C)CC3)cc2n2c1sc1ccccc12.CCOC(=O)c1c(=O)c2cc(N3CCN(C(C)C)CC3)c(Cl)cc2n2c1sc1ccccc12. The number of hydrogen-bond acceptors (Lipinski definition) is 18. The van der Waals surface area contributed by atoms with Crippen molar-refractivity contribution in [1.82, 2.24) is 33.2 Å². The lowest BCUT2D eigenvalue weighted by molar-refractivity contribution is 0.0517. The summed E-state index contributed by atoms with van der Waals surface area (Å²) in [5, 5.41) is 4.60. The molecule has 0 atom stereocenters. The number of carbonyl (C=O) groups excluding carboxylic acids is 3. The molecule has 3 saturated heterocycles. The van der Waals surface area contributed by atoms with Gasteiger partial charge in [-0.15, -0.1) is 34.0 Å². The molecule has 6 aromatic heterocycles. The Hall–Kier alpha value is -8.10. The lowest BCUT2D eigenvalue weighted by atomic mass is 10.1. The molecule has 0 radical (unpaired) electrons. The zero-order valence-electron chi connectivity index (χ0n) is 57.2. The zero-order chi connectivity index (χ0) is 71.0. The van der Waals surface area contributed by atoms with Crippen molar-refractivity contribution < 1.29 is 37.4 Å². The highest BCUT2D eigenvalue weighted by Crippen LogP contribution is 2.39. The van der Waals surface area contributed by atoms with Crippen LogP contribution in [-0.4, -0.2) is 162 Å². The number of piperazine rings is 3. The van der Waals surface area contributed by atoms with Crippen LogP contribution in [0.5, 0.6) is 0 Å². The predicted molar refractivity (Wildman–Crippen MR) is 405 cm³/mol. The smallest absolute Gasteiger partial charge is 0.345 e. The van der Waals surface area contributed by atoms with Crippen molar-refractivity contribution in [2.45, 2.75) is 80.4 Å². The number of carbonyl (C=O) groups is 3. The van der Waals surface area contributed by atoms with Crippen LogP contribution < -0.4 is 31.4 Å². The second-order valence-electron chi connectivity index (χ2n) is 25.4. The maximum absolute atomic E-state index is 15.3. The summed E-state index contributed by atoms with van der Waals surface area (Å²) in [6.45, 7) is 30.3. The van der Waals surface area contributed by atoms with Crippen LogP contribution in [0.2, 0.25) is 10.0 Å². The van der Waals surface area contributed by atoms with Gasteiger partial charge in [0.15, 0.2) is 0 Å². The van der Waals surface area contributed by atoms with Gasteiger partial charge in [-0.3, -0.25) is 42.3 Å². The molecule has 0 aliphatic carbocycles. The number of pyridine rings is 3. The molecule has 12 aromatic rings. The molecule has 524 valence electrons. The Labute approximate surface area is 597 Å². The number of benzene rings is 6. The zero-order valence-corrected chi connectivity index (χ0v) is 61.2. The summed E-state index contributed by atoms with van der Waals surface area (Å²) in [6.07, 6.45) is 0. The third-order valence-corrected chi connectivity index (χ3v) is 22.6. The molecule has 3 fully saturated rings. The van der Waals surface area contributed by atoms with Gasteiger partial charge >= 0.3 is 17.9 Å². The Morgan fingerprint density at radius 2 is 0.760 bits per heavy atom. The van der Waals surface area contributed by atoms with Crippen molar-refractivity contribution in [3.05, 3.63) is 178 Å². The first-order valence-corrected chi connectivity index (χ1v) is 37.0. The van der Waals surface area contributed by atoms with Crippen molar-refractivity contribution in [3.63, 3.8) is 0 Å². The molecule has 0 unspecified atom stereocenters. The van der Waals surface area contributed by atoms with Crippen LogP contribution >= 0.6 is 57.2 Å². The molecule has 25 heteroatoms. The molecule has 18 nitrogen and oxygen atoms in total. The Morgan fingerprint density at radius 1 is 0.430 bits per heavy atom. The molecule has 9 heterocycles. The number of nitrogens with zero attached hydrogens (tertiary/aromatic N) is 8. The van der Waals surface area contributed by atoms with Gasteiger partial charge in [0.05, 0.1) is 99.2 Å². The lowest BCUT2D eigenvalue weighted by Crippen LogP contribution is -2.49. The van der Waals surface area contributed by atoms with Gasteiger partial charge in [-0.2, -0.15) is 0 Å². The van der Waals surface area contributed by atoms with Crippen LogP contribution in [0.4, 0.5) is 20.2 Å². The lowest BCUT2D eigenvalue weighted by Gasteiger charge is -2.38. The van der Waals surface area contributed by atoms with Crippen molar-refractivity contribution in [1.29, 1.82) is 0 Å². The summed E-state index contributed by atoms with van der Waals surface area (Å²) < 4.78 is 53.3. The number of nitrogens with one attached hydrogen (secondary N) is 1. The molecule has 1 N–H and O–H groups in total. The van der Waals surface area contributed by atoms with E-state index in [1.807, 2.05) is 98.6 Å². The number of ether oxygens (including phenoxy) is 3. The van der Waals surface area contributed by atoms with E-state index in [-0.39, 0.29) is 57.7 Å². The quantitative estimate of drug-likeness (QED) is 0.0957. The van der Waals surface area contributed by atoms with Crippen LogP contribution in [-0.2, 0) is 14.2 Å². The summed E-state index contributed by atoms with van der Waals surface area (Å²) in [7, 11) is 0. The molecule has 3 aliphatic heterocycles. The van der Waals surface area contributed by atoms with Gasteiger partial charge in [-0.05, 0) is 135 Å². The van der Waals surface area contributed by atoms with E-state index in [2.05, 4.69) is 66.5 Å². The molecule has 0 amide bonds. The number of thiazole rings is 3. The van der Waals surface area contributed by atoms with Gasteiger partial charge in [0.25, 0.3) is 0 Å². The van der Waals surface area contributed by atoms with E-state index in [0.29, 0.717) is 72.3 Å². The molecule has 6 aromatic carbocycles. The molecule has 0 saturated carbocycles. The maximum Gasteiger partial charge on any atom is 0.345 e. The van der Waals surface area contributed by atoms with Crippen molar-refractivity contribution in [2.75, 3.05) is 108 Å². The molecule has 0 bridgehead atoms. The van der Waals surface area contributed by atoms with E-state index >= 15 is 4.39 Å². The predicted octanol–water partition coefficient (Wildman–Crippen LogP) is 14.5. The van der Waals surface area contributed by atoms with Crippen LogP contribution in [0, 0.1) is 11.6 Å². The van der Waals surface area contributed by atoms with Gasteiger partial charge in [0.2, 0.25) is 16.3 Å².